The number of nitrogens with zero attached hydrogens (tertiary/aromatic N) is 1. The molecule has 0 radical (unpaired) electrons. The maximum absolute atomic E-state index is 12.1. The Kier molecular flexibility index (Phi) is 5.20. The Morgan fingerprint density at radius 1 is 1.33 bits per heavy atom. The Bertz CT molecular complexity index is 499. The lowest BCUT2D eigenvalue weighted by Crippen LogP contribution is -2.43. The number of aryl methyl sites for hydroxylation is 1. The summed E-state index contributed by atoms with van der Waals surface area (Å²) in [4.78, 5) is 25.5. The van der Waals surface area contributed by atoms with Crippen molar-refractivity contribution in [1.82, 2.24) is 10.6 Å². The van der Waals surface area contributed by atoms with Crippen molar-refractivity contribution < 1.29 is 9.59 Å². The molecule has 1 fully saturated rings. The third-order valence-electron chi connectivity index (χ3n) is 3.62. The van der Waals surface area contributed by atoms with Crippen LogP contribution in [0.2, 0.25) is 0 Å². The van der Waals surface area contributed by atoms with E-state index >= 15 is 0 Å². The Morgan fingerprint density at radius 3 is 2.71 bits per heavy atom. The molecular weight excluding hydrogens is 266 g/mol. The van der Waals surface area contributed by atoms with Gasteiger partial charge in [0.25, 0.3) is 0 Å². The quantitative estimate of drug-likeness (QED) is 0.816. The molecule has 1 aromatic rings. The first-order chi connectivity index (χ1) is 10.1. The van der Waals surface area contributed by atoms with E-state index in [1.807, 2.05) is 31.2 Å². The van der Waals surface area contributed by atoms with Gasteiger partial charge in [0.2, 0.25) is 5.91 Å². The molecule has 5 heteroatoms. The zero-order valence-electron chi connectivity index (χ0n) is 12.7. The van der Waals surface area contributed by atoms with Gasteiger partial charge < -0.3 is 15.5 Å². The molecule has 0 saturated carbocycles. The van der Waals surface area contributed by atoms with E-state index in [4.69, 9.17) is 0 Å². The van der Waals surface area contributed by atoms with Gasteiger partial charge in [-0.2, -0.15) is 0 Å². The first-order valence-corrected chi connectivity index (χ1v) is 7.51. The SMILES string of the molecule is CCCCNC(=O)N[C@H]1CC(=O)N(c2ccc(C)cc2)C1. The van der Waals surface area contributed by atoms with Crippen molar-refractivity contribution >= 4 is 17.6 Å². The number of nitrogens with one attached hydrogen (secondary N) is 2. The van der Waals surface area contributed by atoms with Crippen LogP contribution in [-0.4, -0.2) is 31.1 Å². The second-order valence-corrected chi connectivity index (χ2v) is 5.49. The largest absolute Gasteiger partial charge is 0.338 e. The van der Waals surface area contributed by atoms with Crippen molar-refractivity contribution in [2.45, 2.75) is 39.2 Å². The number of urea groups is 1. The van der Waals surface area contributed by atoms with E-state index in [1.165, 1.54) is 0 Å². The summed E-state index contributed by atoms with van der Waals surface area (Å²) in [5.41, 5.74) is 2.05. The van der Waals surface area contributed by atoms with Gasteiger partial charge in [0.15, 0.2) is 0 Å². The number of rotatable bonds is 5. The van der Waals surface area contributed by atoms with Crippen LogP contribution in [0.1, 0.15) is 31.7 Å². The fourth-order valence-electron chi connectivity index (χ4n) is 2.39. The van der Waals surface area contributed by atoms with Crippen molar-refractivity contribution in [1.29, 1.82) is 0 Å². The monoisotopic (exact) mass is 289 g/mol. The van der Waals surface area contributed by atoms with Gasteiger partial charge in [-0.05, 0) is 25.5 Å². The van der Waals surface area contributed by atoms with E-state index < -0.39 is 0 Å². The van der Waals surface area contributed by atoms with Crippen LogP contribution in [-0.2, 0) is 4.79 Å². The molecule has 2 rings (SSSR count). The van der Waals surface area contributed by atoms with Gasteiger partial charge in [-0.15, -0.1) is 0 Å². The number of carbonyl (C=O) groups excluding carboxylic acids is 2. The fraction of sp³-hybridized carbons (Fsp3) is 0.500. The molecular formula is C16H23N3O2. The molecule has 1 aliphatic rings. The third kappa shape index (κ3) is 4.21. The van der Waals surface area contributed by atoms with Gasteiger partial charge >= 0.3 is 6.03 Å². The third-order valence-corrected chi connectivity index (χ3v) is 3.62. The normalized spacial score (nSPS) is 17.9. The van der Waals surface area contributed by atoms with E-state index in [1.54, 1.807) is 4.90 Å². The van der Waals surface area contributed by atoms with E-state index in [0.717, 1.165) is 24.1 Å². The standard InChI is InChI=1S/C16H23N3O2/c1-3-4-9-17-16(21)18-13-10-15(20)19(11-13)14-7-5-12(2)6-8-14/h5-8,13H,3-4,9-11H2,1-2H3,(H2,17,18,21)/t13-/m0/s1. The number of anilines is 1. The van der Waals surface area contributed by atoms with Gasteiger partial charge in [-0.25, -0.2) is 4.79 Å². The molecule has 3 amide bonds. The number of unbranched alkanes of at least 4 members (excludes halogenated alkanes) is 1. The number of hydrogen-bond acceptors (Lipinski definition) is 2. The molecule has 114 valence electrons. The van der Waals surface area contributed by atoms with Gasteiger partial charge in [0, 0.05) is 25.2 Å². The highest BCUT2D eigenvalue weighted by Crippen LogP contribution is 2.21. The summed E-state index contributed by atoms with van der Waals surface area (Å²) in [6, 6.07) is 7.54. The average Bonchev–Trinajstić information content (AvgIpc) is 2.80. The van der Waals surface area contributed by atoms with Crippen LogP contribution >= 0.6 is 0 Å². The van der Waals surface area contributed by atoms with Crippen molar-refractivity contribution in [2.24, 2.45) is 0 Å². The molecule has 0 spiro atoms. The number of carbonyl (C=O) groups is 2. The highest BCUT2D eigenvalue weighted by atomic mass is 16.2. The van der Waals surface area contributed by atoms with Gasteiger partial charge in [0.1, 0.15) is 0 Å². The summed E-state index contributed by atoms with van der Waals surface area (Å²) in [5.74, 6) is 0.0534. The summed E-state index contributed by atoms with van der Waals surface area (Å²) in [5, 5.41) is 5.67. The summed E-state index contributed by atoms with van der Waals surface area (Å²) < 4.78 is 0. The minimum Gasteiger partial charge on any atom is -0.338 e. The molecule has 1 aliphatic heterocycles. The molecule has 1 atom stereocenters. The van der Waals surface area contributed by atoms with Crippen LogP contribution in [0.3, 0.4) is 0 Å². The van der Waals surface area contributed by atoms with E-state index in [2.05, 4.69) is 17.6 Å². The Balaban J connectivity index is 1.87. The van der Waals surface area contributed by atoms with Crippen molar-refractivity contribution in [2.75, 3.05) is 18.0 Å². The lowest BCUT2D eigenvalue weighted by atomic mass is 10.2. The van der Waals surface area contributed by atoms with Gasteiger partial charge in [-0.3, -0.25) is 4.79 Å². The van der Waals surface area contributed by atoms with Crippen molar-refractivity contribution in [3.63, 3.8) is 0 Å². The number of amides is 3. The maximum atomic E-state index is 12.1. The van der Waals surface area contributed by atoms with Crippen LogP contribution in [0.4, 0.5) is 10.5 Å². The topological polar surface area (TPSA) is 61.4 Å². The molecule has 0 bridgehead atoms. The predicted molar refractivity (Wildman–Crippen MR) is 83.4 cm³/mol. The number of hydrogen-bond donors (Lipinski definition) is 2. The molecule has 0 aromatic heterocycles. The zero-order valence-corrected chi connectivity index (χ0v) is 12.7. The lowest BCUT2D eigenvalue weighted by molar-refractivity contribution is -0.117. The summed E-state index contributed by atoms with van der Waals surface area (Å²) in [7, 11) is 0. The first kappa shape index (κ1) is 15.4. The van der Waals surface area contributed by atoms with E-state index in [-0.39, 0.29) is 18.0 Å². The Morgan fingerprint density at radius 2 is 2.05 bits per heavy atom. The molecule has 1 aromatic carbocycles. The molecule has 1 heterocycles. The summed E-state index contributed by atoms with van der Waals surface area (Å²) in [6.45, 7) is 5.29. The summed E-state index contributed by atoms with van der Waals surface area (Å²) in [6.07, 6.45) is 2.37. The maximum Gasteiger partial charge on any atom is 0.315 e. The Hall–Kier alpha value is -2.04. The van der Waals surface area contributed by atoms with Crippen LogP contribution in [0.25, 0.3) is 0 Å². The van der Waals surface area contributed by atoms with Crippen molar-refractivity contribution in [3.05, 3.63) is 29.8 Å². The second kappa shape index (κ2) is 7.11. The molecule has 0 aliphatic carbocycles. The van der Waals surface area contributed by atoms with E-state index in [9.17, 15) is 9.59 Å². The first-order valence-electron chi connectivity index (χ1n) is 7.51. The molecule has 1 saturated heterocycles. The highest BCUT2D eigenvalue weighted by molar-refractivity contribution is 5.96. The average molecular weight is 289 g/mol. The molecule has 21 heavy (non-hydrogen) atoms. The minimum atomic E-state index is -0.188. The van der Waals surface area contributed by atoms with Crippen LogP contribution < -0.4 is 15.5 Å². The zero-order chi connectivity index (χ0) is 15.2. The van der Waals surface area contributed by atoms with Gasteiger partial charge in [-0.1, -0.05) is 31.0 Å². The predicted octanol–water partition coefficient (Wildman–Crippen LogP) is 2.20. The van der Waals surface area contributed by atoms with Crippen LogP contribution in [0.15, 0.2) is 24.3 Å². The minimum absolute atomic E-state index is 0.0534. The van der Waals surface area contributed by atoms with Gasteiger partial charge in [0.05, 0.1) is 6.04 Å². The number of benzene rings is 1. The summed E-state index contributed by atoms with van der Waals surface area (Å²) >= 11 is 0. The van der Waals surface area contributed by atoms with Crippen molar-refractivity contribution in [3.8, 4) is 0 Å². The smallest absolute Gasteiger partial charge is 0.315 e. The highest BCUT2D eigenvalue weighted by Gasteiger charge is 2.31. The van der Waals surface area contributed by atoms with E-state index in [0.29, 0.717) is 19.5 Å². The lowest BCUT2D eigenvalue weighted by Gasteiger charge is -2.17. The fourth-order valence-corrected chi connectivity index (χ4v) is 2.39. The molecule has 0 unspecified atom stereocenters. The van der Waals surface area contributed by atoms with Crippen LogP contribution in [0, 0.1) is 6.92 Å². The van der Waals surface area contributed by atoms with Crippen LogP contribution in [0.5, 0.6) is 0 Å². The Labute approximate surface area is 125 Å². The second-order valence-electron chi connectivity index (χ2n) is 5.49. The molecule has 5 nitrogen and oxygen atoms in total. The molecule has 2 N–H and O–H groups in total.